The van der Waals surface area contributed by atoms with E-state index in [1.807, 2.05) is 0 Å². The number of aryl methyl sites for hydroxylation is 1. The van der Waals surface area contributed by atoms with E-state index in [2.05, 4.69) is 10.1 Å². The van der Waals surface area contributed by atoms with Gasteiger partial charge in [-0.1, -0.05) is 17.3 Å². The molecule has 7 nitrogen and oxygen atoms in total. The summed E-state index contributed by atoms with van der Waals surface area (Å²) in [6.07, 6.45) is -0.114. The molecule has 0 radical (unpaired) electrons. The van der Waals surface area contributed by atoms with Gasteiger partial charge in [0.2, 0.25) is 26.7 Å². The van der Waals surface area contributed by atoms with Gasteiger partial charge in [-0.25, -0.2) is 8.42 Å². The molecule has 0 spiro atoms. The van der Waals surface area contributed by atoms with Crippen molar-refractivity contribution in [3.8, 4) is 11.4 Å². The molecule has 9 heteroatoms. The van der Waals surface area contributed by atoms with Crippen LogP contribution in [0.4, 0.5) is 5.69 Å². The number of carbonyl (C=O) groups is 1. The average Bonchev–Trinajstić information content (AvgIpc) is 3.05. The van der Waals surface area contributed by atoms with E-state index in [4.69, 9.17) is 15.2 Å². The van der Waals surface area contributed by atoms with Crippen LogP contribution in [0.2, 0.25) is 0 Å². The molecule has 22 heavy (non-hydrogen) atoms. The lowest BCUT2D eigenvalue weighted by atomic mass is 10.2. The zero-order valence-corrected chi connectivity index (χ0v) is 13.1. The summed E-state index contributed by atoms with van der Waals surface area (Å²) in [4.78, 5) is 17.6. The van der Waals surface area contributed by atoms with Crippen molar-refractivity contribution in [1.29, 1.82) is 0 Å². The maximum absolute atomic E-state index is 12.0. The minimum Gasteiger partial charge on any atom is -0.339 e. The SMILES string of the molecule is Cc1nc(-c2cccc(N3CC(S(=O)(=O)Cl)CC3=O)c2)no1. The Morgan fingerprint density at radius 3 is 2.77 bits per heavy atom. The van der Waals surface area contributed by atoms with Crippen LogP contribution >= 0.6 is 10.7 Å². The Balaban J connectivity index is 1.91. The second-order valence-corrected chi connectivity index (χ2v) is 7.90. The Hall–Kier alpha value is -1.93. The molecule has 3 rings (SSSR count). The normalized spacial score (nSPS) is 18.9. The molecule has 1 fully saturated rings. The number of hydrogen-bond donors (Lipinski definition) is 0. The first kappa shape index (κ1) is 15.0. The first-order valence-corrected chi connectivity index (χ1v) is 8.86. The number of halogens is 1. The molecule has 2 aromatic rings. The van der Waals surface area contributed by atoms with Crippen LogP contribution < -0.4 is 4.90 Å². The van der Waals surface area contributed by atoms with Crippen molar-refractivity contribution in [2.45, 2.75) is 18.6 Å². The lowest BCUT2D eigenvalue weighted by Gasteiger charge is -2.16. The second-order valence-electron chi connectivity index (χ2n) is 4.99. The first-order chi connectivity index (χ1) is 10.3. The monoisotopic (exact) mass is 341 g/mol. The largest absolute Gasteiger partial charge is 0.339 e. The van der Waals surface area contributed by atoms with Crippen LogP contribution in [0.1, 0.15) is 12.3 Å². The Labute approximate surface area is 131 Å². The standard InChI is InChI=1S/C13H12ClN3O4S/c1-8-15-13(16-21-8)9-3-2-4-10(5-9)17-7-11(6-12(17)18)22(14,19)20/h2-5,11H,6-7H2,1H3. The molecule has 1 aliphatic heterocycles. The maximum atomic E-state index is 12.0. The molecule has 2 heterocycles. The van der Waals surface area contributed by atoms with Gasteiger partial charge in [-0.3, -0.25) is 4.79 Å². The van der Waals surface area contributed by atoms with E-state index in [1.54, 1.807) is 31.2 Å². The molecule has 1 amide bonds. The highest BCUT2D eigenvalue weighted by atomic mass is 35.7. The molecule has 1 saturated heterocycles. The maximum Gasteiger partial charge on any atom is 0.237 e. The molecule has 0 saturated carbocycles. The Bertz CT molecular complexity index is 833. The summed E-state index contributed by atoms with van der Waals surface area (Å²) in [6.45, 7) is 1.72. The number of benzene rings is 1. The zero-order chi connectivity index (χ0) is 15.9. The summed E-state index contributed by atoms with van der Waals surface area (Å²) < 4.78 is 27.7. The Morgan fingerprint density at radius 2 is 2.18 bits per heavy atom. The highest BCUT2D eigenvalue weighted by molar-refractivity contribution is 8.14. The predicted octanol–water partition coefficient (Wildman–Crippen LogP) is 1.72. The highest BCUT2D eigenvalue weighted by Gasteiger charge is 2.38. The number of amides is 1. The molecule has 1 unspecified atom stereocenters. The third-order valence-electron chi connectivity index (χ3n) is 3.43. The van der Waals surface area contributed by atoms with Crippen LogP contribution in [0.5, 0.6) is 0 Å². The summed E-state index contributed by atoms with van der Waals surface area (Å²) in [6, 6.07) is 6.96. The molecular formula is C13H12ClN3O4S. The number of nitrogens with zero attached hydrogens (tertiary/aromatic N) is 3. The fourth-order valence-corrected chi connectivity index (χ4v) is 3.37. The van der Waals surface area contributed by atoms with Crippen LogP contribution in [-0.2, 0) is 13.8 Å². The Kier molecular flexibility index (Phi) is 3.65. The van der Waals surface area contributed by atoms with E-state index < -0.39 is 14.3 Å². The van der Waals surface area contributed by atoms with Crippen LogP contribution in [0, 0.1) is 6.92 Å². The summed E-state index contributed by atoms with van der Waals surface area (Å²) in [5, 5.41) is 2.93. The van der Waals surface area contributed by atoms with Gasteiger partial charge < -0.3 is 9.42 Å². The third-order valence-corrected chi connectivity index (χ3v) is 5.30. The van der Waals surface area contributed by atoms with Crippen LogP contribution in [-0.4, -0.2) is 36.3 Å². The number of anilines is 1. The fourth-order valence-electron chi connectivity index (χ4n) is 2.34. The molecule has 116 valence electrons. The van der Waals surface area contributed by atoms with Crippen molar-refractivity contribution in [1.82, 2.24) is 10.1 Å². The van der Waals surface area contributed by atoms with Gasteiger partial charge in [-0.05, 0) is 12.1 Å². The van der Waals surface area contributed by atoms with Gasteiger partial charge in [0, 0.05) is 41.8 Å². The molecule has 1 aromatic carbocycles. The zero-order valence-electron chi connectivity index (χ0n) is 11.6. The van der Waals surface area contributed by atoms with E-state index in [0.29, 0.717) is 23.0 Å². The van der Waals surface area contributed by atoms with Gasteiger partial charge in [-0.15, -0.1) is 0 Å². The van der Waals surface area contributed by atoms with Gasteiger partial charge >= 0.3 is 0 Å². The van der Waals surface area contributed by atoms with Crippen molar-refractivity contribution in [3.63, 3.8) is 0 Å². The molecule has 0 bridgehead atoms. The average molecular weight is 342 g/mol. The lowest BCUT2D eigenvalue weighted by Crippen LogP contribution is -2.26. The minimum atomic E-state index is -3.77. The second kappa shape index (κ2) is 5.36. The van der Waals surface area contributed by atoms with Gasteiger partial charge in [-0.2, -0.15) is 4.98 Å². The quantitative estimate of drug-likeness (QED) is 0.789. The minimum absolute atomic E-state index is 0.0411. The fraction of sp³-hybridized carbons (Fsp3) is 0.308. The van der Waals surface area contributed by atoms with Crippen LogP contribution in [0.15, 0.2) is 28.8 Å². The summed E-state index contributed by atoms with van der Waals surface area (Å²) >= 11 is 0. The molecule has 1 aliphatic rings. The lowest BCUT2D eigenvalue weighted by molar-refractivity contribution is -0.117. The van der Waals surface area contributed by atoms with E-state index >= 15 is 0 Å². The Morgan fingerprint density at radius 1 is 1.41 bits per heavy atom. The molecular weight excluding hydrogens is 330 g/mol. The number of carbonyl (C=O) groups excluding carboxylic acids is 1. The van der Waals surface area contributed by atoms with Crippen molar-refractivity contribution in [2.24, 2.45) is 0 Å². The summed E-state index contributed by atoms with van der Waals surface area (Å²) in [5.41, 5.74) is 1.26. The van der Waals surface area contributed by atoms with E-state index in [1.165, 1.54) is 4.90 Å². The number of aromatic nitrogens is 2. The van der Waals surface area contributed by atoms with Gasteiger partial charge in [0.05, 0.1) is 0 Å². The van der Waals surface area contributed by atoms with Gasteiger partial charge in [0.1, 0.15) is 5.25 Å². The third kappa shape index (κ3) is 2.84. The predicted molar refractivity (Wildman–Crippen MR) is 80.0 cm³/mol. The van der Waals surface area contributed by atoms with Crippen molar-refractivity contribution in [2.75, 3.05) is 11.4 Å². The topological polar surface area (TPSA) is 93.4 Å². The van der Waals surface area contributed by atoms with Crippen LogP contribution in [0.3, 0.4) is 0 Å². The van der Waals surface area contributed by atoms with E-state index in [0.717, 1.165) is 0 Å². The van der Waals surface area contributed by atoms with Crippen LogP contribution in [0.25, 0.3) is 11.4 Å². The van der Waals surface area contributed by atoms with Crippen molar-refractivity contribution >= 4 is 31.3 Å². The van der Waals surface area contributed by atoms with E-state index in [-0.39, 0.29) is 18.9 Å². The van der Waals surface area contributed by atoms with E-state index in [9.17, 15) is 13.2 Å². The smallest absolute Gasteiger partial charge is 0.237 e. The van der Waals surface area contributed by atoms with Crippen molar-refractivity contribution in [3.05, 3.63) is 30.2 Å². The number of hydrogen-bond acceptors (Lipinski definition) is 6. The first-order valence-electron chi connectivity index (χ1n) is 6.49. The van der Waals surface area contributed by atoms with Gasteiger partial charge in [0.15, 0.2) is 0 Å². The molecule has 1 aromatic heterocycles. The number of rotatable bonds is 3. The summed E-state index contributed by atoms with van der Waals surface area (Å²) in [7, 11) is 1.58. The summed E-state index contributed by atoms with van der Waals surface area (Å²) in [5.74, 6) is 0.564. The highest BCUT2D eigenvalue weighted by Crippen LogP contribution is 2.29. The molecule has 1 atom stereocenters. The molecule has 0 aliphatic carbocycles. The van der Waals surface area contributed by atoms with Crippen molar-refractivity contribution < 1.29 is 17.7 Å². The molecule has 0 N–H and O–H groups in total. The van der Waals surface area contributed by atoms with Gasteiger partial charge in [0.25, 0.3) is 0 Å².